The third kappa shape index (κ3) is 4.14. The van der Waals surface area contributed by atoms with Crippen molar-refractivity contribution in [3.05, 3.63) is 29.0 Å². The standard InChI is InChI=1S/C18H21ClN2O4/c1-2-24-18(23)17-16(13-10-12(19)6-7-14(13)25-17)20-15(22)11-21-8-4-3-5-9-21/h6-7,10H,2-5,8-9,11H2,1H3,(H,20,22)/p+1. The average molecular weight is 366 g/mol. The van der Waals surface area contributed by atoms with Crippen LogP contribution in [0.15, 0.2) is 22.6 Å². The number of halogens is 1. The molecule has 0 saturated carbocycles. The summed E-state index contributed by atoms with van der Waals surface area (Å²) in [6.07, 6.45) is 3.50. The molecule has 1 aromatic carbocycles. The quantitative estimate of drug-likeness (QED) is 0.797. The van der Waals surface area contributed by atoms with E-state index >= 15 is 0 Å². The number of benzene rings is 1. The molecule has 1 saturated heterocycles. The van der Waals surface area contributed by atoms with E-state index in [9.17, 15) is 9.59 Å². The minimum atomic E-state index is -0.601. The van der Waals surface area contributed by atoms with E-state index < -0.39 is 5.97 Å². The number of fused-ring (bicyclic) bond motifs is 1. The second-order valence-corrected chi connectivity index (χ2v) is 6.64. The number of ether oxygens (including phenoxy) is 1. The van der Waals surface area contributed by atoms with Gasteiger partial charge in [0.15, 0.2) is 6.54 Å². The van der Waals surface area contributed by atoms with E-state index in [0.717, 1.165) is 25.9 Å². The van der Waals surface area contributed by atoms with E-state index in [4.69, 9.17) is 20.8 Å². The van der Waals surface area contributed by atoms with Crippen LogP contribution in [0.1, 0.15) is 36.7 Å². The number of carbonyl (C=O) groups excluding carboxylic acids is 2. The zero-order valence-corrected chi connectivity index (χ0v) is 14.9. The molecule has 134 valence electrons. The maximum Gasteiger partial charge on any atom is 0.376 e. The van der Waals surface area contributed by atoms with Crippen LogP contribution in [0, 0.1) is 0 Å². The van der Waals surface area contributed by atoms with Crippen molar-refractivity contribution in [2.75, 3.05) is 31.6 Å². The van der Waals surface area contributed by atoms with Crippen molar-refractivity contribution in [1.29, 1.82) is 0 Å². The van der Waals surface area contributed by atoms with Gasteiger partial charge in [0.05, 0.1) is 19.7 Å². The zero-order valence-electron chi connectivity index (χ0n) is 14.2. The minimum absolute atomic E-state index is 0.00103. The number of likely N-dealkylation sites (tertiary alicyclic amines) is 1. The Bertz CT molecular complexity index is 781. The molecule has 2 N–H and O–H groups in total. The van der Waals surface area contributed by atoms with Crippen LogP contribution in [0.3, 0.4) is 0 Å². The molecule has 1 aliphatic rings. The third-order valence-corrected chi connectivity index (χ3v) is 4.58. The molecule has 2 heterocycles. The number of quaternary nitrogens is 1. The highest BCUT2D eigenvalue weighted by Crippen LogP contribution is 2.33. The van der Waals surface area contributed by atoms with E-state index in [1.807, 2.05) is 0 Å². The fourth-order valence-electron chi connectivity index (χ4n) is 3.17. The number of amides is 1. The van der Waals surface area contributed by atoms with Gasteiger partial charge in [-0.15, -0.1) is 0 Å². The third-order valence-electron chi connectivity index (χ3n) is 4.35. The smallest absolute Gasteiger partial charge is 0.376 e. The van der Waals surface area contributed by atoms with Gasteiger partial charge in [0.1, 0.15) is 11.3 Å². The van der Waals surface area contributed by atoms with Crippen molar-refractivity contribution >= 4 is 40.1 Å². The normalized spacial score (nSPS) is 15.3. The molecule has 0 unspecified atom stereocenters. The number of carbonyl (C=O) groups is 2. The Labute approximate surface area is 151 Å². The predicted molar refractivity (Wildman–Crippen MR) is 95.2 cm³/mol. The number of nitrogens with one attached hydrogen (secondary N) is 2. The molecule has 6 nitrogen and oxygen atoms in total. The van der Waals surface area contributed by atoms with E-state index in [1.54, 1.807) is 25.1 Å². The largest absolute Gasteiger partial charge is 0.460 e. The first-order valence-electron chi connectivity index (χ1n) is 8.61. The van der Waals surface area contributed by atoms with E-state index in [0.29, 0.717) is 28.2 Å². The van der Waals surface area contributed by atoms with Gasteiger partial charge in [0, 0.05) is 10.4 Å². The first kappa shape index (κ1) is 17.8. The van der Waals surface area contributed by atoms with E-state index in [1.165, 1.54) is 11.3 Å². The molecule has 3 rings (SSSR count). The summed E-state index contributed by atoms with van der Waals surface area (Å²) in [5.74, 6) is -0.748. The van der Waals surface area contributed by atoms with Crippen molar-refractivity contribution < 1.29 is 23.6 Å². The second kappa shape index (κ2) is 7.89. The molecular formula is C18H22ClN2O4+. The fourth-order valence-corrected chi connectivity index (χ4v) is 3.35. The Morgan fingerprint density at radius 3 is 2.76 bits per heavy atom. The Hall–Kier alpha value is -2.05. The highest BCUT2D eigenvalue weighted by atomic mass is 35.5. The number of furan rings is 1. The number of anilines is 1. The van der Waals surface area contributed by atoms with Gasteiger partial charge in [-0.3, -0.25) is 4.79 Å². The molecule has 1 amide bonds. The summed E-state index contributed by atoms with van der Waals surface area (Å²) < 4.78 is 10.6. The average Bonchev–Trinajstić information content (AvgIpc) is 2.94. The zero-order chi connectivity index (χ0) is 17.8. The number of esters is 1. The monoisotopic (exact) mass is 365 g/mol. The lowest BCUT2D eigenvalue weighted by atomic mass is 10.1. The van der Waals surface area contributed by atoms with Crippen LogP contribution in [0.2, 0.25) is 5.02 Å². The Balaban J connectivity index is 1.86. The summed E-state index contributed by atoms with van der Waals surface area (Å²) in [6.45, 7) is 4.30. The van der Waals surface area contributed by atoms with Crippen molar-refractivity contribution in [1.82, 2.24) is 0 Å². The predicted octanol–water partition coefficient (Wildman–Crippen LogP) is 2.27. The van der Waals surface area contributed by atoms with Crippen LogP contribution in [-0.4, -0.2) is 38.1 Å². The van der Waals surface area contributed by atoms with E-state index in [2.05, 4.69) is 5.32 Å². The van der Waals surface area contributed by atoms with Crippen molar-refractivity contribution in [2.24, 2.45) is 0 Å². The van der Waals surface area contributed by atoms with Gasteiger partial charge in [-0.25, -0.2) is 4.79 Å². The van der Waals surface area contributed by atoms with Crippen molar-refractivity contribution in [2.45, 2.75) is 26.2 Å². The van der Waals surface area contributed by atoms with Crippen LogP contribution < -0.4 is 10.2 Å². The summed E-state index contributed by atoms with van der Waals surface area (Å²) in [5.41, 5.74) is 0.811. The molecule has 25 heavy (non-hydrogen) atoms. The summed E-state index contributed by atoms with van der Waals surface area (Å²) in [6, 6.07) is 5.02. The number of hydrogen-bond donors (Lipinski definition) is 2. The number of rotatable bonds is 5. The molecule has 7 heteroatoms. The maximum atomic E-state index is 12.5. The van der Waals surface area contributed by atoms with Crippen LogP contribution >= 0.6 is 11.6 Å². The number of piperidine rings is 1. The molecule has 0 spiro atoms. The number of hydrogen-bond acceptors (Lipinski definition) is 4. The summed E-state index contributed by atoms with van der Waals surface area (Å²) in [4.78, 5) is 25.9. The Morgan fingerprint density at radius 1 is 1.28 bits per heavy atom. The van der Waals surface area contributed by atoms with Gasteiger partial charge in [-0.2, -0.15) is 0 Å². The summed E-state index contributed by atoms with van der Waals surface area (Å²) in [5, 5.41) is 3.93. The van der Waals surface area contributed by atoms with Gasteiger partial charge < -0.3 is 19.4 Å². The first-order valence-corrected chi connectivity index (χ1v) is 8.99. The van der Waals surface area contributed by atoms with Gasteiger partial charge >= 0.3 is 5.97 Å². The Kier molecular flexibility index (Phi) is 5.60. The summed E-state index contributed by atoms with van der Waals surface area (Å²) >= 11 is 6.06. The maximum absolute atomic E-state index is 12.5. The molecule has 0 radical (unpaired) electrons. The van der Waals surface area contributed by atoms with Crippen LogP contribution in [-0.2, 0) is 9.53 Å². The van der Waals surface area contributed by atoms with Gasteiger partial charge in [0.2, 0.25) is 5.76 Å². The highest BCUT2D eigenvalue weighted by Gasteiger charge is 2.25. The minimum Gasteiger partial charge on any atom is -0.460 e. The molecule has 0 atom stereocenters. The van der Waals surface area contributed by atoms with Gasteiger partial charge in [-0.1, -0.05) is 11.6 Å². The van der Waals surface area contributed by atoms with Gasteiger partial charge in [0.25, 0.3) is 5.91 Å². The molecule has 1 fully saturated rings. The van der Waals surface area contributed by atoms with Crippen molar-refractivity contribution in [3.63, 3.8) is 0 Å². The molecule has 1 aromatic heterocycles. The molecular weight excluding hydrogens is 344 g/mol. The fraction of sp³-hybridized carbons (Fsp3) is 0.444. The Morgan fingerprint density at radius 2 is 2.04 bits per heavy atom. The van der Waals surface area contributed by atoms with Gasteiger partial charge in [-0.05, 0) is 44.4 Å². The van der Waals surface area contributed by atoms with Crippen LogP contribution in [0.25, 0.3) is 11.0 Å². The molecule has 1 aliphatic heterocycles. The first-order chi connectivity index (χ1) is 12.1. The van der Waals surface area contributed by atoms with Crippen LogP contribution in [0.5, 0.6) is 0 Å². The summed E-state index contributed by atoms with van der Waals surface area (Å²) in [7, 11) is 0. The lowest BCUT2D eigenvalue weighted by Gasteiger charge is -2.22. The lowest BCUT2D eigenvalue weighted by Crippen LogP contribution is -3.13. The topological polar surface area (TPSA) is 73.0 Å². The van der Waals surface area contributed by atoms with E-state index in [-0.39, 0.29) is 18.3 Å². The SMILES string of the molecule is CCOC(=O)c1oc2ccc(Cl)cc2c1NC(=O)C[NH+]1CCCCC1. The van der Waals surface area contributed by atoms with Crippen LogP contribution in [0.4, 0.5) is 5.69 Å². The molecule has 2 aromatic rings. The molecule has 0 aliphatic carbocycles. The highest BCUT2D eigenvalue weighted by molar-refractivity contribution is 6.31. The van der Waals surface area contributed by atoms with Crippen molar-refractivity contribution in [3.8, 4) is 0 Å². The second-order valence-electron chi connectivity index (χ2n) is 6.20. The molecule has 0 bridgehead atoms. The lowest BCUT2D eigenvalue weighted by molar-refractivity contribution is -0.896.